The molecule has 0 fully saturated rings. The molecule has 164 valence electrons. The lowest BCUT2D eigenvalue weighted by Crippen LogP contribution is -2.58. The fraction of sp³-hybridized carbons (Fsp3) is 0.611. The molecule has 0 heterocycles. The van der Waals surface area contributed by atoms with Crippen LogP contribution in [0.3, 0.4) is 0 Å². The lowest BCUT2D eigenvalue weighted by atomic mass is 9.86. The van der Waals surface area contributed by atoms with Gasteiger partial charge in [0.05, 0.1) is 27.1 Å². The van der Waals surface area contributed by atoms with Crippen molar-refractivity contribution in [1.82, 2.24) is 4.72 Å². The van der Waals surface area contributed by atoms with Crippen molar-refractivity contribution in [2.24, 2.45) is 0 Å². The van der Waals surface area contributed by atoms with Crippen molar-refractivity contribution in [2.45, 2.75) is 70.0 Å². The zero-order chi connectivity index (χ0) is 22.8. The van der Waals surface area contributed by atoms with Gasteiger partial charge in [0.25, 0.3) is 5.69 Å². The van der Waals surface area contributed by atoms with E-state index in [9.17, 15) is 32.3 Å². The Kier molecular flexibility index (Phi) is 7.24. The number of hydrogen-bond donors (Lipinski definition) is 1. The van der Waals surface area contributed by atoms with Gasteiger partial charge in [0.2, 0.25) is 0 Å². The van der Waals surface area contributed by atoms with E-state index in [4.69, 9.17) is 4.74 Å². The predicted octanol–water partition coefficient (Wildman–Crippen LogP) is 4.14. The Morgan fingerprint density at radius 3 is 1.93 bits per heavy atom. The number of hydrogen-bond acceptors (Lipinski definition) is 5. The van der Waals surface area contributed by atoms with Gasteiger partial charge in [0.15, 0.2) is 5.54 Å². The molecule has 2 atom stereocenters. The molecule has 7 nitrogen and oxygen atoms in total. The number of carbonyl (C=O) groups excluding carboxylic acids is 1. The summed E-state index contributed by atoms with van der Waals surface area (Å²) < 4.78 is 61.6. The van der Waals surface area contributed by atoms with Crippen molar-refractivity contribution in [3.8, 4) is 0 Å². The molecule has 0 bridgehead atoms. The summed E-state index contributed by atoms with van der Waals surface area (Å²) in [5.41, 5.74) is -5.01. The van der Waals surface area contributed by atoms with Crippen LogP contribution >= 0.6 is 0 Å². The Hall–Kier alpha value is -2.01. The highest BCUT2D eigenvalue weighted by molar-refractivity contribution is 7.84. The molecule has 0 aliphatic carbocycles. The Morgan fingerprint density at radius 1 is 1.10 bits per heavy atom. The molecular weight excluding hydrogens is 413 g/mol. The van der Waals surface area contributed by atoms with E-state index in [-0.39, 0.29) is 0 Å². The van der Waals surface area contributed by atoms with Crippen LogP contribution in [-0.4, -0.2) is 31.6 Å². The zero-order valence-corrected chi connectivity index (χ0v) is 17.9. The van der Waals surface area contributed by atoms with Crippen LogP contribution in [0.15, 0.2) is 24.3 Å². The van der Waals surface area contributed by atoms with Crippen molar-refractivity contribution in [3.05, 3.63) is 39.9 Å². The van der Waals surface area contributed by atoms with Crippen molar-refractivity contribution in [1.29, 1.82) is 0 Å². The highest BCUT2D eigenvalue weighted by Crippen LogP contribution is 2.43. The number of nitro benzene ring substituents is 1. The van der Waals surface area contributed by atoms with E-state index in [1.165, 1.54) is 41.5 Å². The molecule has 0 saturated heterocycles. The van der Waals surface area contributed by atoms with E-state index < -0.39 is 61.6 Å². The van der Waals surface area contributed by atoms with Crippen LogP contribution in [-0.2, 0) is 26.1 Å². The number of rotatable bonds is 6. The summed E-state index contributed by atoms with van der Waals surface area (Å²) in [6.45, 7) is 8.94. The zero-order valence-electron chi connectivity index (χ0n) is 17.0. The average Bonchev–Trinajstić information content (AvgIpc) is 2.50. The second-order valence-electron chi connectivity index (χ2n) is 8.45. The number of nitrogens with one attached hydrogen (secondary N) is 1. The molecule has 0 aliphatic heterocycles. The van der Waals surface area contributed by atoms with Gasteiger partial charge in [0.1, 0.15) is 5.60 Å². The van der Waals surface area contributed by atoms with Crippen LogP contribution in [0.1, 0.15) is 53.5 Å². The summed E-state index contributed by atoms with van der Waals surface area (Å²) in [6, 6.07) is 3.57. The second-order valence-corrected chi connectivity index (χ2v) is 10.4. The normalized spacial score (nSPS) is 16.0. The molecule has 29 heavy (non-hydrogen) atoms. The molecule has 0 aliphatic rings. The highest BCUT2D eigenvalue weighted by Gasteiger charge is 2.59. The Morgan fingerprint density at radius 2 is 1.59 bits per heavy atom. The number of esters is 1. The summed E-state index contributed by atoms with van der Waals surface area (Å²) in [5, 5.41) is 10.8. The molecule has 0 spiro atoms. The summed E-state index contributed by atoms with van der Waals surface area (Å²) >= 11 is 0. The fourth-order valence-electron chi connectivity index (χ4n) is 2.29. The van der Waals surface area contributed by atoms with Crippen molar-refractivity contribution in [3.63, 3.8) is 0 Å². The van der Waals surface area contributed by atoms with E-state index in [0.717, 1.165) is 24.3 Å². The number of halogens is 3. The smallest absolute Gasteiger partial charge is 0.412 e. The number of carbonyl (C=O) groups is 1. The maximum Gasteiger partial charge on any atom is 0.412 e. The first-order valence-corrected chi connectivity index (χ1v) is 9.77. The van der Waals surface area contributed by atoms with Gasteiger partial charge in [-0.05, 0) is 59.2 Å². The molecule has 1 rings (SSSR count). The molecule has 1 N–H and O–H groups in total. The van der Waals surface area contributed by atoms with Crippen LogP contribution in [0.5, 0.6) is 0 Å². The minimum Gasteiger partial charge on any atom is -0.460 e. The third kappa shape index (κ3) is 6.49. The topological polar surface area (TPSA) is 98.5 Å². The first-order valence-electron chi connectivity index (χ1n) is 8.62. The molecule has 0 amide bonds. The third-order valence-corrected chi connectivity index (χ3v) is 5.35. The van der Waals surface area contributed by atoms with E-state index >= 15 is 0 Å². The molecular formula is C18H25F3N2O5S. The van der Waals surface area contributed by atoms with Crippen molar-refractivity contribution >= 4 is 22.6 Å². The number of alkyl halides is 3. The van der Waals surface area contributed by atoms with E-state index in [0.29, 0.717) is 0 Å². The minimum absolute atomic E-state index is 0.418. The van der Waals surface area contributed by atoms with E-state index in [1.54, 1.807) is 0 Å². The third-order valence-electron chi connectivity index (χ3n) is 3.71. The van der Waals surface area contributed by atoms with Crippen molar-refractivity contribution < 1.29 is 31.8 Å². The number of benzene rings is 1. The first kappa shape index (κ1) is 25.0. The Labute approximate surface area is 169 Å². The van der Waals surface area contributed by atoms with Gasteiger partial charge in [-0.1, -0.05) is 0 Å². The summed E-state index contributed by atoms with van der Waals surface area (Å²) in [7, 11) is -2.22. The van der Waals surface area contributed by atoms with Crippen LogP contribution in [0.4, 0.5) is 18.9 Å². The van der Waals surface area contributed by atoms with Gasteiger partial charge in [-0.3, -0.25) is 14.9 Å². The molecule has 1 aromatic rings. The maximum absolute atomic E-state index is 14.3. The monoisotopic (exact) mass is 438 g/mol. The van der Waals surface area contributed by atoms with E-state index in [1.807, 2.05) is 0 Å². The molecule has 0 radical (unpaired) electrons. The van der Waals surface area contributed by atoms with Crippen LogP contribution < -0.4 is 4.72 Å². The summed E-state index contributed by atoms with van der Waals surface area (Å²) in [6.07, 6.45) is -6.27. The Bertz CT molecular complexity index is 783. The maximum atomic E-state index is 14.3. The largest absolute Gasteiger partial charge is 0.460 e. The number of ether oxygens (including phenoxy) is 1. The van der Waals surface area contributed by atoms with Gasteiger partial charge >= 0.3 is 12.1 Å². The average molecular weight is 438 g/mol. The van der Waals surface area contributed by atoms with E-state index in [2.05, 4.69) is 4.72 Å². The molecule has 11 heteroatoms. The van der Waals surface area contributed by atoms with Crippen LogP contribution in [0, 0.1) is 10.1 Å². The quantitative estimate of drug-likeness (QED) is 0.409. The van der Waals surface area contributed by atoms with Crippen LogP contribution in [0.2, 0.25) is 0 Å². The Balaban J connectivity index is 3.59. The van der Waals surface area contributed by atoms with Gasteiger partial charge in [-0.25, -0.2) is 8.93 Å². The van der Waals surface area contributed by atoms with Crippen LogP contribution in [0.25, 0.3) is 0 Å². The standard InChI is InChI=1S/C18H25F3N2O5S/c1-15(2,3)28-14(24)11-17(18(19,20)21,22-29(27)16(4,5)6)12-7-9-13(10-8-12)23(25)26/h7-10,22H,11H2,1-6H3/t17-,29+/m1/s1. The highest BCUT2D eigenvalue weighted by atomic mass is 32.2. The van der Waals surface area contributed by atoms with Gasteiger partial charge in [-0.15, -0.1) is 0 Å². The van der Waals surface area contributed by atoms with Gasteiger partial charge in [-0.2, -0.15) is 13.2 Å². The molecule has 0 unspecified atom stereocenters. The SMILES string of the molecule is CC(C)(C)OC(=O)C[C@@](N[S@@](=O)C(C)(C)C)(c1ccc([N+](=O)[O-])cc1)C(F)(F)F. The van der Waals surface area contributed by atoms with Gasteiger partial charge < -0.3 is 4.74 Å². The first-order chi connectivity index (χ1) is 12.9. The van der Waals surface area contributed by atoms with Gasteiger partial charge in [0, 0.05) is 12.1 Å². The van der Waals surface area contributed by atoms with Crippen molar-refractivity contribution in [2.75, 3.05) is 0 Å². The molecule has 0 saturated carbocycles. The lowest BCUT2D eigenvalue weighted by molar-refractivity contribution is -0.384. The summed E-state index contributed by atoms with van der Waals surface area (Å²) in [4.78, 5) is 22.4. The number of nitro groups is 1. The second kappa shape index (κ2) is 8.39. The fourth-order valence-corrected chi connectivity index (χ4v) is 3.22. The molecule has 1 aromatic carbocycles. The summed E-state index contributed by atoms with van der Waals surface area (Å²) in [5.74, 6) is -1.16. The molecule has 0 aromatic heterocycles. The predicted molar refractivity (Wildman–Crippen MR) is 102 cm³/mol. The number of nitrogens with zero attached hydrogens (tertiary/aromatic N) is 1. The lowest BCUT2D eigenvalue weighted by Gasteiger charge is -2.38. The number of non-ortho nitro benzene ring substituents is 1. The minimum atomic E-state index is -5.07.